The lowest BCUT2D eigenvalue weighted by Gasteiger charge is -2.25. The van der Waals surface area contributed by atoms with Gasteiger partial charge in [-0.3, -0.25) is 4.90 Å². The maximum absolute atomic E-state index is 5.63. The minimum Gasteiger partial charge on any atom is -0.493 e. The van der Waals surface area contributed by atoms with Crippen molar-refractivity contribution in [1.29, 1.82) is 0 Å². The van der Waals surface area contributed by atoms with Crippen LogP contribution in [0, 0.1) is 5.92 Å². The van der Waals surface area contributed by atoms with Gasteiger partial charge in [0.1, 0.15) is 11.6 Å². The van der Waals surface area contributed by atoms with Crippen molar-refractivity contribution in [3.05, 3.63) is 53.7 Å². The first-order chi connectivity index (χ1) is 11.9. The molecule has 124 valence electrons. The highest BCUT2D eigenvalue weighted by molar-refractivity contribution is 5.41. The van der Waals surface area contributed by atoms with Crippen molar-refractivity contribution in [3.8, 4) is 5.75 Å². The van der Waals surface area contributed by atoms with E-state index in [-0.39, 0.29) is 0 Å². The molecular formula is C20H23N3O. The Balaban J connectivity index is 1.30. The van der Waals surface area contributed by atoms with Gasteiger partial charge in [0.05, 0.1) is 6.61 Å². The highest BCUT2D eigenvalue weighted by Gasteiger charge is 2.41. The third kappa shape index (κ3) is 2.46. The molecular weight excluding hydrogens is 298 g/mol. The summed E-state index contributed by atoms with van der Waals surface area (Å²) in [5.74, 6) is 2.99. The highest BCUT2D eigenvalue weighted by Crippen LogP contribution is 2.35. The molecule has 4 heterocycles. The lowest BCUT2D eigenvalue weighted by atomic mass is 10.0. The molecule has 4 nitrogen and oxygen atoms in total. The normalized spacial score (nSPS) is 25.6. The van der Waals surface area contributed by atoms with Gasteiger partial charge in [0, 0.05) is 38.3 Å². The average Bonchev–Trinajstić information content (AvgIpc) is 3.32. The first-order valence-electron chi connectivity index (χ1n) is 9.01. The van der Waals surface area contributed by atoms with Crippen LogP contribution in [0.4, 0.5) is 5.82 Å². The van der Waals surface area contributed by atoms with Crippen molar-refractivity contribution in [2.45, 2.75) is 25.4 Å². The molecule has 0 spiro atoms. The van der Waals surface area contributed by atoms with Crippen LogP contribution in [0.2, 0.25) is 0 Å². The van der Waals surface area contributed by atoms with Gasteiger partial charge in [-0.25, -0.2) is 4.98 Å². The van der Waals surface area contributed by atoms with Gasteiger partial charge in [0.2, 0.25) is 0 Å². The highest BCUT2D eigenvalue weighted by atomic mass is 16.5. The van der Waals surface area contributed by atoms with Crippen LogP contribution < -0.4 is 9.64 Å². The Hall–Kier alpha value is -2.07. The number of fused-ring (bicyclic) bond motifs is 2. The Morgan fingerprint density at radius 3 is 3.08 bits per heavy atom. The van der Waals surface area contributed by atoms with Crippen molar-refractivity contribution in [2.24, 2.45) is 5.92 Å². The molecule has 2 fully saturated rings. The summed E-state index contributed by atoms with van der Waals surface area (Å²) in [4.78, 5) is 9.66. The summed E-state index contributed by atoms with van der Waals surface area (Å²) in [6.45, 7) is 5.38. The molecule has 2 saturated heterocycles. The second-order valence-electron chi connectivity index (χ2n) is 7.22. The summed E-state index contributed by atoms with van der Waals surface area (Å²) in [6, 6.07) is 13.6. The fraction of sp³-hybridized carbons (Fsp3) is 0.450. The summed E-state index contributed by atoms with van der Waals surface area (Å²) in [7, 11) is 0. The summed E-state index contributed by atoms with van der Waals surface area (Å²) >= 11 is 0. The van der Waals surface area contributed by atoms with Gasteiger partial charge in [0.25, 0.3) is 0 Å². The summed E-state index contributed by atoms with van der Waals surface area (Å²) < 4.78 is 5.63. The molecule has 2 atom stereocenters. The van der Waals surface area contributed by atoms with Crippen LogP contribution in [0.1, 0.15) is 17.5 Å². The number of likely N-dealkylation sites (tertiary alicyclic amines) is 1. The maximum Gasteiger partial charge on any atom is 0.128 e. The quantitative estimate of drug-likeness (QED) is 0.869. The standard InChI is InChI=1S/C20H23N3O/c1-2-8-21-20(3-1)23-13-17-6-9-22(18(17)14-23)12-15-4-5-19-16(11-15)7-10-24-19/h1-5,8,11,17-18H,6-7,9-10,12-14H2. The molecule has 24 heavy (non-hydrogen) atoms. The number of nitrogens with zero attached hydrogens (tertiary/aromatic N) is 3. The number of anilines is 1. The number of ether oxygens (including phenoxy) is 1. The molecule has 0 radical (unpaired) electrons. The number of aromatic nitrogens is 1. The zero-order valence-corrected chi connectivity index (χ0v) is 13.9. The van der Waals surface area contributed by atoms with Crippen molar-refractivity contribution in [1.82, 2.24) is 9.88 Å². The van der Waals surface area contributed by atoms with Crippen LogP contribution in [-0.2, 0) is 13.0 Å². The van der Waals surface area contributed by atoms with Crippen molar-refractivity contribution < 1.29 is 4.74 Å². The summed E-state index contributed by atoms with van der Waals surface area (Å²) in [5, 5.41) is 0. The smallest absolute Gasteiger partial charge is 0.128 e. The zero-order chi connectivity index (χ0) is 15.9. The largest absolute Gasteiger partial charge is 0.493 e. The SMILES string of the molecule is c1ccc(N2CC3CCN(Cc4ccc5c(c4)CCO5)C3C2)nc1. The van der Waals surface area contributed by atoms with Crippen LogP contribution >= 0.6 is 0 Å². The van der Waals surface area contributed by atoms with Crippen molar-refractivity contribution >= 4 is 5.82 Å². The van der Waals surface area contributed by atoms with E-state index in [1.165, 1.54) is 24.1 Å². The molecule has 2 unspecified atom stereocenters. The number of rotatable bonds is 3. The van der Waals surface area contributed by atoms with E-state index < -0.39 is 0 Å². The van der Waals surface area contributed by atoms with Gasteiger partial charge in [-0.1, -0.05) is 18.2 Å². The molecule has 5 rings (SSSR count). The van der Waals surface area contributed by atoms with Crippen LogP contribution in [0.25, 0.3) is 0 Å². The summed E-state index contributed by atoms with van der Waals surface area (Å²) in [6.07, 6.45) is 4.26. The minimum atomic E-state index is 0.663. The van der Waals surface area contributed by atoms with Gasteiger partial charge in [-0.05, 0) is 48.2 Å². The fourth-order valence-corrected chi connectivity index (χ4v) is 4.55. The third-order valence-corrected chi connectivity index (χ3v) is 5.78. The molecule has 0 saturated carbocycles. The second-order valence-corrected chi connectivity index (χ2v) is 7.22. The van der Waals surface area contributed by atoms with E-state index in [1.54, 1.807) is 0 Å². The topological polar surface area (TPSA) is 28.6 Å². The third-order valence-electron chi connectivity index (χ3n) is 5.78. The monoisotopic (exact) mass is 321 g/mol. The number of hydrogen-bond acceptors (Lipinski definition) is 4. The Morgan fingerprint density at radius 1 is 1.17 bits per heavy atom. The van der Waals surface area contributed by atoms with E-state index in [1.807, 2.05) is 12.3 Å². The molecule has 0 aliphatic carbocycles. The number of hydrogen-bond donors (Lipinski definition) is 0. The Morgan fingerprint density at radius 2 is 2.17 bits per heavy atom. The van der Waals surface area contributed by atoms with Gasteiger partial charge in [0.15, 0.2) is 0 Å². The summed E-state index contributed by atoms with van der Waals surface area (Å²) in [5.41, 5.74) is 2.81. The number of pyridine rings is 1. The van der Waals surface area contributed by atoms with E-state index in [0.29, 0.717) is 6.04 Å². The second kappa shape index (κ2) is 5.78. The van der Waals surface area contributed by atoms with E-state index >= 15 is 0 Å². The first kappa shape index (κ1) is 14.3. The predicted molar refractivity (Wildman–Crippen MR) is 94.4 cm³/mol. The Kier molecular flexibility index (Phi) is 3.44. The molecule has 0 bridgehead atoms. The van der Waals surface area contributed by atoms with E-state index in [9.17, 15) is 0 Å². The lowest BCUT2D eigenvalue weighted by molar-refractivity contribution is 0.245. The molecule has 0 N–H and O–H groups in total. The maximum atomic E-state index is 5.63. The lowest BCUT2D eigenvalue weighted by Crippen LogP contribution is -2.35. The minimum absolute atomic E-state index is 0.663. The molecule has 3 aliphatic heterocycles. The van der Waals surface area contributed by atoms with E-state index in [0.717, 1.165) is 50.1 Å². The molecule has 3 aliphatic rings. The molecule has 1 aromatic carbocycles. The van der Waals surface area contributed by atoms with E-state index in [2.05, 4.69) is 45.1 Å². The first-order valence-corrected chi connectivity index (χ1v) is 9.01. The predicted octanol–water partition coefficient (Wildman–Crippen LogP) is 2.73. The Bertz CT molecular complexity index is 733. The zero-order valence-electron chi connectivity index (χ0n) is 13.9. The molecule has 2 aromatic rings. The molecule has 0 amide bonds. The molecule has 4 heteroatoms. The van der Waals surface area contributed by atoms with Crippen LogP contribution in [-0.4, -0.2) is 42.2 Å². The van der Waals surface area contributed by atoms with E-state index in [4.69, 9.17) is 4.74 Å². The van der Waals surface area contributed by atoms with Gasteiger partial charge >= 0.3 is 0 Å². The number of benzene rings is 1. The van der Waals surface area contributed by atoms with Crippen LogP contribution in [0.3, 0.4) is 0 Å². The van der Waals surface area contributed by atoms with Crippen LogP contribution in [0.5, 0.6) is 5.75 Å². The van der Waals surface area contributed by atoms with Crippen LogP contribution in [0.15, 0.2) is 42.6 Å². The average molecular weight is 321 g/mol. The van der Waals surface area contributed by atoms with Gasteiger partial charge in [-0.15, -0.1) is 0 Å². The van der Waals surface area contributed by atoms with Crippen molar-refractivity contribution in [3.63, 3.8) is 0 Å². The van der Waals surface area contributed by atoms with Crippen molar-refractivity contribution in [2.75, 3.05) is 31.1 Å². The molecule has 1 aromatic heterocycles. The Labute approximate surface area is 143 Å². The van der Waals surface area contributed by atoms with Gasteiger partial charge < -0.3 is 9.64 Å². The van der Waals surface area contributed by atoms with Gasteiger partial charge in [-0.2, -0.15) is 0 Å². The fourth-order valence-electron chi connectivity index (χ4n) is 4.55.